The number of rotatable bonds is 6. The lowest BCUT2D eigenvalue weighted by atomic mass is 10.0. The second-order valence-electron chi connectivity index (χ2n) is 4.90. The van der Waals surface area contributed by atoms with E-state index < -0.39 is 6.10 Å². The van der Waals surface area contributed by atoms with Crippen LogP contribution in [-0.4, -0.2) is 28.1 Å². The molecule has 0 aromatic heterocycles. The van der Waals surface area contributed by atoms with Crippen molar-refractivity contribution < 1.29 is 9.90 Å². The molecule has 0 radical (unpaired) electrons. The highest BCUT2D eigenvalue weighted by Gasteiger charge is 2.14. The molecule has 0 bridgehead atoms. The lowest BCUT2D eigenvalue weighted by molar-refractivity contribution is -0.119. The van der Waals surface area contributed by atoms with Crippen LogP contribution in [-0.2, 0) is 4.79 Å². The molecule has 1 amide bonds. The van der Waals surface area contributed by atoms with Crippen LogP contribution in [0, 0.1) is 6.92 Å². The molecule has 4 heteroatoms. The van der Waals surface area contributed by atoms with Gasteiger partial charge in [0.05, 0.1) is 17.9 Å². The van der Waals surface area contributed by atoms with Gasteiger partial charge in [0.2, 0.25) is 5.91 Å². The summed E-state index contributed by atoms with van der Waals surface area (Å²) < 4.78 is 0. The number of aryl methyl sites for hydroxylation is 1. The van der Waals surface area contributed by atoms with E-state index >= 15 is 0 Å². The zero-order valence-corrected chi connectivity index (χ0v) is 12.8. The number of amides is 1. The fourth-order valence-corrected chi connectivity index (χ4v) is 2.56. The van der Waals surface area contributed by atoms with Crippen LogP contribution in [0.5, 0.6) is 0 Å². The van der Waals surface area contributed by atoms with Gasteiger partial charge in [0.15, 0.2) is 0 Å². The maximum Gasteiger partial charge on any atom is 0.230 e. The average molecular weight is 281 g/mol. The molecule has 1 aromatic carbocycles. The third-order valence-electron chi connectivity index (χ3n) is 3.19. The molecule has 0 aliphatic rings. The van der Waals surface area contributed by atoms with E-state index in [1.54, 1.807) is 6.92 Å². The number of hydrogen-bond acceptors (Lipinski definition) is 3. The molecule has 0 saturated carbocycles. The molecule has 0 spiro atoms. The summed E-state index contributed by atoms with van der Waals surface area (Å²) in [7, 11) is 0. The van der Waals surface area contributed by atoms with Gasteiger partial charge in [-0.3, -0.25) is 4.79 Å². The van der Waals surface area contributed by atoms with Gasteiger partial charge in [-0.1, -0.05) is 31.2 Å². The van der Waals surface area contributed by atoms with Crippen molar-refractivity contribution in [1.82, 2.24) is 5.32 Å². The summed E-state index contributed by atoms with van der Waals surface area (Å²) >= 11 is 1.47. The Balaban J connectivity index is 2.47. The van der Waals surface area contributed by atoms with Gasteiger partial charge in [0.25, 0.3) is 0 Å². The van der Waals surface area contributed by atoms with Gasteiger partial charge in [-0.25, -0.2) is 0 Å². The zero-order chi connectivity index (χ0) is 14.4. The number of carbonyl (C=O) groups is 1. The normalized spacial score (nSPS) is 15.6. The summed E-state index contributed by atoms with van der Waals surface area (Å²) in [5, 5.41) is 12.4. The first-order chi connectivity index (χ1) is 8.91. The van der Waals surface area contributed by atoms with Crippen LogP contribution in [0.4, 0.5) is 0 Å². The highest BCUT2D eigenvalue weighted by Crippen LogP contribution is 2.18. The highest BCUT2D eigenvalue weighted by atomic mass is 32.2. The Morgan fingerprint density at radius 2 is 1.95 bits per heavy atom. The third kappa shape index (κ3) is 5.25. The van der Waals surface area contributed by atoms with Crippen LogP contribution in [0.1, 0.15) is 37.9 Å². The van der Waals surface area contributed by atoms with Crippen molar-refractivity contribution in [3.63, 3.8) is 0 Å². The molecule has 106 valence electrons. The Morgan fingerprint density at radius 1 is 1.32 bits per heavy atom. The van der Waals surface area contributed by atoms with E-state index in [2.05, 4.69) is 5.32 Å². The Labute approximate surface area is 119 Å². The van der Waals surface area contributed by atoms with Gasteiger partial charge < -0.3 is 10.4 Å². The third-order valence-corrected chi connectivity index (χ3v) is 4.54. The molecule has 1 aromatic rings. The molecular formula is C15H23NO2S. The van der Waals surface area contributed by atoms with Crippen LogP contribution in [0.15, 0.2) is 24.3 Å². The smallest absolute Gasteiger partial charge is 0.230 e. The SMILES string of the molecule is Cc1ccccc1C(C)NC(=O)CSC(C)C(C)O. The molecule has 1 rings (SSSR count). The first-order valence-corrected chi connectivity index (χ1v) is 7.61. The van der Waals surface area contributed by atoms with E-state index in [1.165, 1.54) is 17.3 Å². The van der Waals surface area contributed by atoms with Crippen molar-refractivity contribution in [3.8, 4) is 0 Å². The van der Waals surface area contributed by atoms with Crippen molar-refractivity contribution in [2.45, 2.75) is 45.1 Å². The number of hydrogen-bond donors (Lipinski definition) is 2. The number of thioether (sulfide) groups is 1. The van der Waals surface area contributed by atoms with E-state index in [-0.39, 0.29) is 17.2 Å². The molecular weight excluding hydrogens is 258 g/mol. The first kappa shape index (κ1) is 16.1. The largest absolute Gasteiger partial charge is 0.392 e. The number of carbonyl (C=O) groups excluding carboxylic acids is 1. The topological polar surface area (TPSA) is 49.3 Å². The summed E-state index contributed by atoms with van der Waals surface area (Å²) in [6, 6.07) is 8.06. The average Bonchev–Trinajstić information content (AvgIpc) is 2.36. The summed E-state index contributed by atoms with van der Waals surface area (Å²) in [6.07, 6.45) is -0.397. The van der Waals surface area contributed by atoms with Crippen LogP contribution in [0.3, 0.4) is 0 Å². The molecule has 0 heterocycles. The predicted molar refractivity (Wildman–Crippen MR) is 81.3 cm³/mol. The van der Waals surface area contributed by atoms with Gasteiger partial charge in [0.1, 0.15) is 0 Å². The van der Waals surface area contributed by atoms with E-state index in [1.807, 2.05) is 45.0 Å². The van der Waals surface area contributed by atoms with Crippen LogP contribution in [0.25, 0.3) is 0 Å². The lowest BCUT2D eigenvalue weighted by Gasteiger charge is -2.18. The monoisotopic (exact) mass is 281 g/mol. The summed E-state index contributed by atoms with van der Waals surface area (Å²) in [5.41, 5.74) is 2.32. The van der Waals surface area contributed by atoms with Crippen LogP contribution >= 0.6 is 11.8 Å². The van der Waals surface area contributed by atoms with Gasteiger partial charge >= 0.3 is 0 Å². The van der Waals surface area contributed by atoms with Crippen molar-refractivity contribution in [3.05, 3.63) is 35.4 Å². The first-order valence-electron chi connectivity index (χ1n) is 6.56. The Kier molecular flexibility index (Phi) is 6.38. The fourth-order valence-electron chi connectivity index (χ4n) is 1.78. The van der Waals surface area contributed by atoms with Crippen LogP contribution < -0.4 is 5.32 Å². The molecule has 3 unspecified atom stereocenters. The summed E-state index contributed by atoms with van der Waals surface area (Å²) in [5.74, 6) is 0.385. The number of nitrogens with one attached hydrogen (secondary N) is 1. The van der Waals surface area contributed by atoms with E-state index in [0.29, 0.717) is 5.75 Å². The zero-order valence-electron chi connectivity index (χ0n) is 12.0. The molecule has 19 heavy (non-hydrogen) atoms. The predicted octanol–water partition coefficient (Wildman–Crippen LogP) is 2.67. The van der Waals surface area contributed by atoms with Gasteiger partial charge in [-0.05, 0) is 31.9 Å². The maximum absolute atomic E-state index is 11.9. The fraction of sp³-hybridized carbons (Fsp3) is 0.533. The quantitative estimate of drug-likeness (QED) is 0.843. The van der Waals surface area contributed by atoms with Crippen molar-refractivity contribution in [2.75, 3.05) is 5.75 Å². The number of benzene rings is 1. The Bertz CT molecular complexity index is 420. The second-order valence-corrected chi connectivity index (χ2v) is 6.27. The second kappa shape index (κ2) is 7.56. The highest BCUT2D eigenvalue weighted by molar-refractivity contribution is 8.00. The van der Waals surface area contributed by atoms with Crippen molar-refractivity contribution in [2.24, 2.45) is 0 Å². The molecule has 0 fully saturated rings. The van der Waals surface area contributed by atoms with Crippen molar-refractivity contribution >= 4 is 17.7 Å². The standard InChI is InChI=1S/C15H23NO2S/c1-10-7-5-6-8-14(10)11(2)16-15(18)9-19-13(4)12(3)17/h5-8,11-13,17H,9H2,1-4H3,(H,16,18). The Morgan fingerprint density at radius 3 is 2.53 bits per heavy atom. The molecule has 2 N–H and O–H groups in total. The molecule has 0 saturated heterocycles. The van der Waals surface area contributed by atoms with Crippen molar-refractivity contribution in [1.29, 1.82) is 0 Å². The molecule has 3 nitrogen and oxygen atoms in total. The maximum atomic E-state index is 11.9. The lowest BCUT2D eigenvalue weighted by Crippen LogP contribution is -2.30. The number of aliphatic hydroxyl groups is 1. The van der Waals surface area contributed by atoms with E-state index in [4.69, 9.17) is 0 Å². The Hall–Kier alpha value is -1.000. The van der Waals surface area contributed by atoms with Gasteiger partial charge in [-0.2, -0.15) is 0 Å². The van der Waals surface area contributed by atoms with Crippen LogP contribution in [0.2, 0.25) is 0 Å². The minimum atomic E-state index is -0.397. The minimum Gasteiger partial charge on any atom is -0.392 e. The summed E-state index contributed by atoms with van der Waals surface area (Å²) in [4.78, 5) is 11.9. The molecule has 0 aliphatic carbocycles. The summed E-state index contributed by atoms with van der Waals surface area (Å²) in [6.45, 7) is 7.70. The van der Waals surface area contributed by atoms with Gasteiger partial charge in [0, 0.05) is 5.25 Å². The van der Waals surface area contributed by atoms with E-state index in [9.17, 15) is 9.90 Å². The van der Waals surface area contributed by atoms with Gasteiger partial charge in [-0.15, -0.1) is 11.8 Å². The van der Waals surface area contributed by atoms with E-state index in [0.717, 1.165) is 5.56 Å². The minimum absolute atomic E-state index is 0.00764. The molecule has 3 atom stereocenters. The number of aliphatic hydroxyl groups excluding tert-OH is 1. The molecule has 0 aliphatic heterocycles.